The van der Waals surface area contributed by atoms with E-state index in [1.807, 2.05) is 4.72 Å². The van der Waals surface area contributed by atoms with E-state index in [-0.39, 0.29) is 10.8 Å². The molecule has 1 aromatic carbocycles. The lowest BCUT2D eigenvalue weighted by Gasteiger charge is -2.08. The Labute approximate surface area is 138 Å². The van der Waals surface area contributed by atoms with Crippen LogP contribution in [0.15, 0.2) is 45.7 Å². The van der Waals surface area contributed by atoms with Crippen LogP contribution in [0.4, 0.5) is 10.7 Å². The lowest BCUT2D eigenvalue weighted by atomic mass is 10.3. The van der Waals surface area contributed by atoms with E-state index in [0.717, 1.165) is 5.39 Å². The van der Waals surface area contributed by atoms with Crippen LogP contribution in [0.5, 0.6) is 0 Å². The zero-order valence-corrected chi connectivity index (χ0v) is 13.7. The zero-order chi connectivity index (χ0) is 17.3. The SMILES string of the molecule is Cc1cc2c(C)nc(NC(=O)NS(=O)(=O)c3ccccc3)nc2o1. The average Bonchev–Trinajstić information content (AvgIpc) is 2.88. The van der Waals surface area contributed by atoms with Gasteiger partial charge in [-0.3, -0.25) is 5.32 Å². The third kappa shape index (κ3) is 3.20. The average molecular weight is 346 g/mol. The third-order valence-electron chi connectivity index (χ3n) is 3.21. The first-order valence-corrected chi connectivity index (χ1v) is 8.47. The number of carbonyl (C=O) groups excluding carboxylic acids is 1. The zero-order valence-electron chi connectivity index (χ0n) is 12.9. The largest absolute Gasteiger partial charge is 0.443 e. The second-order valence-electron chi connectivity index (χ2n) is 5.08. The van der Waals surface area contributed by atoms with Crippen LogP contribution < -0.4 is 10.0 Å². The summed E-state index contributed by atoms with van der Waals surface area (Å²) in [6.45, 7) is 3.51. The van der Waals surface area contributed by atoms with Gasteiger partial charge in [-0.05, 0) is 32.0 Å². The molecule has 2 amide bonds. The fourth-order valence-corrected chi connectivity index (χ4v) is 3.08. The Morgan fingerprint density at radius 2 is 1.83 bits per heavy atom. The van der Waals surface area contributed by atoms with E-state index in [2.05, 4.69) is 15.3 Å². The molecule has 0 fully saturated rings. The molecule has 8 nitrogen and oxygen atoms in total. The summed E-state index contributed by atoms with van der Waals surface area (Å²) >= 11 is 0. The predicted octanol–water partition coefficient (Wildman–Crippen LogP) is 2.35. The molecule has 0 unspecified atom stereocenters. The van der Waals surface area contributed by atoms with Crippen LogP contribution in [0.2, 0.25) is 0 Å². The van der Waals surface area contributed by atoms with E-state index in [1.165, 1.54) is 12.1 Å². The first-order chi connectivity index (χ1) is 11.3. The van der Waals surface area contributed by atoms with Gasteiger partial charge in [-0.1, -0.05) is 18.2 Å². The van der Waals surface area contributed by atoms with Crippen molar-refractivity contribution in [3.8, 4) is 0 Å². The molecule has 0 saturated heterocycles. The maximum absolute atomic E-state index is 12.1. The summed E-state index contributed by atoms with van der Waals surface area (Å²) in [6.07, 6.45) is 0. The number of sulfonamides is 1. The molecule has 0 radical (unpaired) electrons. The van der Waals surface area contributed by atoms with Gasteiger partial charge in [-0.2, -0.15) is 4.98 Å². The fourth-order valence-electron chi connectivity index (χ4n) is 2.15. The summed E-state index contributed by atoms with van der Waals surface area (Å²) < 4.78 is 31.5. The molecule has 0 aliphatic carbocycles. The first-order valence-electron chi connectivity index (χ1n) is 6.99. The fraction of sp³-hybridized carbons (Fsp3) is 0.133. The Kier molecular flexibility index (Phi) is 3.94. The minimum atomic E-state index is -3.97. The summed E-state index contributed by atoms with van der Waals surface area (Å²) in [5.74, 6) is 0.616. The highest BCUT2D eigenvalue weighted by molar-refractivity contribution is 7.90. The van der Waals surface area contributed by atoms with Crippen molar-refractivity contribution < 1.29 is 17.6 Å². The highest BCUT2D eigenvalue weighted by atomic mass is 32.2. The highest BCUT2D eigenvalue weighted by Crippen LogP contribution is 2.20. The van der Waals surface area contributed by atoms with Crippen LogP contribution in [0.3, 0.4) is 0 Å². The van der Waals surface area contributed by atoms with E-state index in [4.69, 9.17) is 4.42 Å². The second kappa shape index (κ2) is 5.93. The molecule has 3 rings (SSSR count). The lowest BCUT2D eigenvalue weighted by molar-refractivity contribution is 0.256. The summed E-state index contributed by atoms with van der Waals surface area (Å²) in [6, 6.07) is 8.39. The molecule has 0 atom stereocenters. The Morgan fingerprint density at radius 3 is 2.54 bits per heavy atom. The predicted molar refractivity (Wildman–Crippen MR) is 87.1 cm³/mol. The van der Waals surface area contributed by atoms with E-state index >= 15 is 0 Å². The smallest absolute Gasteiger partial charge is 0.335 e. The number of hydrogen-bond donors (Lipinski definition) is 2. The molecule has 0 bridgehead atoms. The van der Waals surface area contributed by atoms with Gasteiger partial charge in [0.1, 0.15) is 5.76 Å². The number of aryl methyl sites for hydroxylation is 2. The van der Waals surface area contributed by atoms with Crippen molar-refractivity contribution in [3.63, 3.8) is 0 Å². The van der Waals surface area contributed by atoms with Gasteiger partial charge in [-0.25, -0.2) is 22.9 Å². The Hall–Kier alpha value is -2.94. The second-order valence-corrected chi connectivity index (χ2v) is 6.76. The van der Waals surface area contributed by atoms with Crippen molar-refractivity contribution in [1.29, 1.82) is 0 Å². The van der Waals surface area contributed by atoms with Crippen LogP contribution in [-0.2, 0) is 10.0 Å². The molecule has 0 aliphatic rings. The molecular weight excluding hydrogens is 332 g/mol. The van der Waals surface area contributed by atoms with Gasteiger partial charge in [0.2, 0.25) is 11.7 Å². The van der Waals surface area contributed by atoms with Crippen molar-refractivity contribution in [2.45, 2.75) is 18.7 Å². The number of hydrogen-bond acceptors (Lipinski definition) is 6. The molecule has 124 valence electrons. The number of furan rings is 1. The maximum Gasteiger partial charge on any atom is 0.335 e. The topological polar surface area (TPSA) is 114 Å². The maximum atomic E-state index is 12.1. The Balaban J connectivity index is 1.80. The van der Waals surface area contributed by atoms with Gasteiger partial charge in [0.05, 0.1) is 16.0 Å². The van der Waals surface area contributed by atoms with Crippen molar-refractivity contribution in [3.05, 3.63) is 47.9 Å². The van der Waals surface area contributed by atoms with E-state index in [1.54, 1.807) is 38.1 Å². The number of aromatic nitrogens is 2. The Bertz CT molecular complexity index is 1010. The molecule has 0 saturated carbocycles. The number of carbonyl (C=O) groups is 1. The van der Waals surface area contributed by atoms with Gasteiger partial charge >= 0.3 is 6.03 Å². The van der Waals surface area contributed by atoms with Gasteiger partial charge in [0.25, 0.3) is 10.0 Å². The van der Waals surface area contributed by atoms with Crippen molar-refractivity contribution in [1.82, 2.24) is 14.7 Å². The summed E-state index contributed by atoms with van der Waals surface area (Å²) in [7, 11) is -3.97. The van der Waals surface area contributed by atoms with Crippen LogP contribution in [0, 0.1) is 13.8 Å². The molecule has 2 N–H and O–H groups in total. The minimum Gasteiger partial charge on any atom is -0.443 e. The summed E-state index contributed by atoms with van der Waals surface area (Å²) in [5.41, 5.74) is 0.930. The number of anilines is 1. The number of rotatable bonds is 3. The number of amides is 2. The van der Waals surface area contributed by atoms with Crippen LogP contribution in [0.25, 0.3) is 11.1 Å². The van der Waals surface area contributed by atoms with Gasteiger partial charge < -0.3 is 4.42 Å². The van der Waals surface area contributed by atoms with Crippen LogP contribution in [-0.4, -0.2) is 24.4 Å². The molecule has 2 heterocycles. The van der Waals surface area contributed by atoms with E-state index in [9.17, 15) is 13.2 Å². The minimum absolute atomic E-state index is 0.0191. The number of urea groups is 1. The summed E-state index contributed by atoms with van der Waals surface area (Å²) in [4.78, 5) is 20.1. The number of fused-ring (bicyclic) bond motifs is 1. The third-order valence-corrected chi connectivity index (χ3v) is 4.56. The quantitative estimate of drug-likeness (QED) is 0.752. The number of nitrogens with zero attached hydrogens (tertiary/aromatic N) is 2. The van der Waals surface area contributed by atoms with Crippen molar-refractivity contribution in [2.75, 3.05) is 5.32 Å². The van der Waals surface area contributed by atoms with Crippen molar-refractivity contribution >= 4 is 33.1 Å². The lowest BCUT2D eigenvalue weighted by Crippen LogP contribution is -2.34. The number of benzene rings is 1. The van der Waals surface area contributed by atoms with Crippen molar-refractivity contribution in [2.24, 2.45) is 0 Å². The molecule has 0 aliphatic heterocycles. The van der Waals surface area contributed by atoms with Gasteiger partial charge in [0.15, 0.2) is 0 Å². The first kappa shape index (κ1) is 15.9. The highest BCUT2D eigenvalue weighted by Gasteiger charge is 2.18. The van der Waals surface area contributed by atoms with Crippen LogP contribution >= 0.6 is 0 Å². The summed E-state index contributed by atoms with van der Waals surface area (Å²) in [5, 5.41) is 3.03. The molecule has 0 spiro atoms. The Morgan fingerprint density at radius 1 is 1.12 bits per heavy atom. The normalized spacial score (nSPS) is 11.4. The molecule has 3 aromatic rings. The van der Waals surface area contributed by atoms with Gasteiger partial charge in [0, 0.05) is 0 Å². The number of nitrogens with one attached hydrogen (secondary N) is 2. The van der Waals surface area contributed by atoms with Gasteiger partial charge in [-0.15, -0.1) is 0 Å². The van der Waals surface area contributed by atoms with E-state index < -0.39 is 16.1 Å². The molecular formula is C15H14N4O4S. The van der Waals surface area contributed by atoms with E-state index in [0.29, 0.717) is 17.2 Å². The van der Waals surface area contributed by atoms with Crippen LogP contribution in [0.1, 0.15) is 11.5 Å². The molecule has 9 heteroatoms. The molecule has 24 heavy (non-hydrogen) atoms. The monoisotopic (exact) mass is 346 g/mol. The molecule has 2 aromatic heterocycles. The standard InChI is InChI=1S/C15H14N4O4S/c1-9-8-12-10(2)16-14(17-13(12)23-9)18-15(20)19-24(21,22)11-6-4-3-5-7-11/h3-8H,1-2H3,(H2,16,17,18,19,20).